The lowest BCUT2D eigenvalue weighted by Crippen LogP contribution is -2.13. The number of benzene rings is 1. The van der Waals surface area contributed by atoms with Gasteiger partial charge in [-0.2, -0.15) is 10.1 Å². The number of aromatic nitrogens is 3. The maximum atomic E-state index is 12.8. The molecule has 0 aliphatic carbocycles. The minimum absolute atomic E-state index is 0.226. The van der Waals surface area contributed by atoms with Gasteiger partial charge in [-0.05, 0) is 18.2 Å². The second-order valence-electron chi connectivity index (χ2n) is 2.80. The quantitative estimate of drug-likeness (QED) is 0.775. The molecule has 0 atom stereocenters. The van der Waals surface area contributed by atoms with E-state index in [1.165, 1.54) is 24.5 Å². The molecular weight excluding hydrogens is 199 g/mol. The second kappa shape index (κ2) is 3.87. The first-order valence-corrected chi connectivity index (χ1v) is 4.18. The zero-order valence-electron chi connectivity index (χ0n) is 7.57. The van der Waals surface area contributed by atoms with E-state index >= 15 is 0 Å². The number of nitrogens with zero attached hydrogens (tertiary/aromatic N) is 2. The minimum Gasteiger partial charge on any atom is -0.291 e. The number of halogens is 1. The van der Waals surface area contributed by atoms with Crippen LogP contribution in [-0.2, 0) is 0 Å². The van der Waals surface area contributed by atoms with E-state index in [1.54, 1.807) is 0 Å². The van der Waals surface area contributed by atoms with E-state index in [2.05, 4.69) is 20.5 Å². The summed E-state index contributed by atoms with van der Waals surface area (Å²) in [6.07, 6.45) is 1.27. The molecule has 0 radical (unpaired) electrons. The van der Waals surface area contributed by atoms with Crippen LogP contribution < -0.4 is 5.32 Å². The fourth-order valence-electron chi connectivity index (χ4n) is 1.08. The van der Waals surface area contributed by atoms with Crippen molar-refractivity contribution < 1.29 is 9.18 Å². The number of carbonyl (C=O) groups is 1. The molecule has 1 aromatic heterocycles. The Morgan fingerprint density at radius 1 is 1.47 bits per heavy atom. The van der Waals surface area contributed by atoms with Crippen LogP contribution in [0.1, 0.15) is 10.4 Å². The Hall–Kier alpha value is -2.24. The molecule has 0 unspecified atom stereocenters. The van der Waals surface area contributed by atoms with E-state index in [0.29, 0.717) is 0 Å². The van der Waals surface area contributed by atoms with Crippen LogP contribution in [0.15, 0.2) is 30.6 Å². The van der Waals surface area contributed by atoms with Gasteiger partial charge in [0.15, 0.2) is 0 Å². The average Bonchev–Trinajstić information content (AvgIpc) is 2.70. The monoisotopic (exact) mass is 206 g/mol. The minimum atomic E-state index is -0.458. The zero-order chi connectivity index (χ0) is 10.7. The normalized spacial score (nSPS) is 9.93. The van der Waals surface area contributed by atoms with E-state index in [0.717, 1.165) is 6.07 Å². The van der Waals surface area contributed by atoms with E-state index in [1.807, 2.05) is 0 Å². The predicted octanol–water partition coefficient (Wildman–Crippen LogP) is 1.20. The summed E-state index contributed by atoms with van der Waals surface area (Å²) in [7, 11) is 0. The maximum Gasteiger partial charge on any atom is 0.258 e. The van der Waals surface area contributed by atoms with Gasteiger partial charge >= 0.3 is 0 Å². The molecule has 0 saturated heterocycles. The van der Waals surface area contributed by atoms with Gasteiger partial charge in [0, 0.05) is 5.56 Å². The molecule has 0 aliphatic rings. The summed E-state index contributed by atoms with van der Waals surface area (Å²) in [5.41, 5.74) is 0.228. The van der Waals surface area contributed by atoms with Crippen LogP contribution in [0, 0.1) is 5.82 Å². The SMILES string of the molecule is O=C(Nc1ncn[nH]1)c1cccc(F)c1. The third kappa shape index (κ3) is 2.16. The van der Waals surface area contributed by atoms with Crippen LogP contribution in [-0.4, -0.2) is 21.1 Å². The van der Waals surface area contributed by atoms with E-state index in [9.17, 15) is 9.18 Å². The van der Waals surface area contributed by atoms with Crippen molar-refractivity contribution in [1.82, 2.24) is 15.2 Å². The molecule has 0 aliphatic heterocycles. The summed E-state index contributed by atoms with van der Waals surface area (Å²) in [6, 6.07) is 5.39. The maximum absolute atomic E-state index is 12.8. The van der Waals surface area contributed by atoms with Gasteiger partial charge in [-0.3, -0.25) is 10.1 Å². The molecule has 76 valence electrons. The van der Waals surface area contributed by atoms with Crippen molar-refractivity contribution in [2.45, 2.75) is 0 Å². The highest BCUT2D eigenvalue weighted by atomic mass is 19.1. The van der Waals surface area contributed by atoms with Gasteiger partial charge in [-0.25, -0.2) is 9.49 Å². The molecule has 0 saturated carbocycles. The van der Waals surface area contributed by atoms with Crippen molar-refractivity contribution in [2.75, 3.05) is 5.32 Å². The van der Waals surface area contributed by atoms with Crippen LogP contribution in [0.2, 0.25) is 0 Å². The molecule has 2 N–H and O–H groups in total. The zero-order valence-corrected chi connectivity index (χ0v) is 7.57. The van der Waals surface area contributed by atoms with Gasteiger partial charge in [0.1, 0.15) is 12.1 Å². The molecular formula is C9H7FN4O. The summed E-state index contributed by atoms with van der Waals surface area (Å²) in [4.78, 5) is 15.2. The number of nitrogens with one attached hydrogen (secondary N) is 2. The molecule has 1 heterocycles. The number of aromatic amines is 1. The molecule has 1 amide bonds. The number of rotatable bonds is 2. The molecule has 6 heteroatoms. The number of carbonyl (C=O) groups excluding carboxylic acids is 1. The summed E-state index contributed by atoms with van der Waals surface area (Å²) < 4.78 is 12.8. The standard InChI is InChI=1S/C9H7FN4O/c10-7-3-1-2-6(4-7)8(15)13-9-11-5-12-14-9/h1-5H,(H2,11,12,13,14,15). The van der Waals surface area contributed by atoms with E-state index in [4.69, 9.17) is 0 Å². The first kappa shape index (κ1) is 9.32. The van der Waals surface area contributed by atoms with Gasteiger partial charge in [0.25, 0.3) is 5.91 Å². The summed E-state index contributed by atoms with van der Waals surface area (Å²) in [5, 5.41) is 8.46. The van der Waals surface area contributed by atoms with Crippen LogP contribution in [0.5, 0.6) is 0 Å². The van der Waals surface area contributed by atoms with Crippen molar-refractivity contribution in [1.29, 1.82) is 0 Å². The third-order valence-electron chi connectivity index (χ3n) is 1.73. The predicted molar refractivity (Wildman–Crippen MR) is 50.7 cm³/mol. The van der Waals surface area contributed by atoms with Crippen molar-refractivity contribution >= 4 is 11.9 Å². The number of anilines is 1. The average molecular weight is 206 g/mol. The lowest BCUT2D eigenvalue weighted by molar-refractivity contribution is 0.102. The Bertz CT molecular complexity index is 469. The van der Waals surface area contributed by atoms with Gasteiger partial charge in [-0.1, -0.05) is 6.07 Å². The van der Waals surface area contributed by atoms with Crippen molar-refractivity contribution in [3.8, 4) is 0 Å². The van der Waals surface area contributed by atoms with Crippen molar-refractivity contribution in [3.63, 3.8) is 0 Å². The number of H-pyrrole nitrogens is 1. The first-order chi connectivity index (χ1) is 7.25. The lowest BCUT2D eigenvalue weighted by atomic mass is 10.2. The molecule has 0 spiro atoms. The lowest BCUT2D eigenvalue weighted by Gasteiger charge is -2.00. The topological polar surface area (TPSA) is 70.7 Å². The second-order valence-corrected chi connectivity index (χ2v) is 2.80. The smallest absolute Gasteiger partial charge is 0.258 e. The Kier molecular flexibility index (Phi) is 2.40. The van der Waals surface area contributed by atoms with Crippen molar-refractivity contribution in [2.24, 2.45) is 0 Å². The van der Waals surface area contributed by atoms with Crippen LogP contribution >= 0.6 is 0 Å². The number of hydrogen-bond acceptors (Lipinski definition) is 3. The molecule has 15 heavy (non-hydrogen) atoms. The third-order valence-corrected chi connectivity index (χ3v) is 1.73. The molecule has 5 nitrogen and oxygen atoms in total. The Morgan fingerprint density at radius 2 is 2.33 bits per heavy atom. The summed E-state index contributed by atoms with van der Waals surface area (Å²) in [6.45, 7) is 0. The van der Waals surface area contributed by atoms with Crippen LogP contribution in [0.3, 0.4) is 0 Å². The van der Waals surface area contributed by atoms with Crippen LogP contribution in [0.4, 0.5) is 10.3 Å². The fourth-order valence-corrected chi connectivity index (χ4v) is 1.08. The van der Waals surface area contributed by atoms with Gasteiger partial charge < -0.3 is 0 Å². The summed E-state index contributed by atoms with van der Waals surface area (Å²) in [5.74, 6) is -0.671. The Morgan fingerprint density at radius 3 is 3.00 bits per heavy atom. The Labute approximate surface area is 84.3 Å². The number of hydrogen-bond donors (Lipinski definition) is 2. The first-order valence-electron chi connectivity index (χ1n) is 4.18. The molecule has 0 bridgehead atoms. The highest BCUT2D eigenvalue weighted by Crippen LogP contribution is 2.05. The Balaban J connectivity index is 2.15. The van der Waals surface area contributed by atoms with Gasteiger partial charge in [0.2, 0.25) is 5.95 Å². The van der Waals surface area contributed by atoms with Crippen LogP contribution in [0.25, 0.3) is 0 Å². The molecule has 2 aromatic rings. The van der Waals surface area contributed by atoms with Gasteiger partial charge in [-0.15, -0.1) is 0 Å². The highest BCUT2D eigenvalue weighted by Gasteiger charge is 2.07. The largest absolute Gasteiger partial charge is 0.291 e. The van der Waals surface area contributed by atoms with E-state index in [-0.39, 0.29) is 11.5 Å². The van der Waals surface area contributed by atoms with E-state index < -0.39 is 11.7 Å². The van der Waals surface area contributed by atoms with Gasteiger partial charge in [0.05, 0.1) is 0 Å². The summed E-state index contributed by atoms with van der Waals surface area (Å²) >= 11 is 0. The number of amides is 1. The highest BCUT2D eigenvalue weighted by molar-refractivity contribution is 6.03. The fraction of sp³-hybridized carbons (Fsp3) is 0. The van der Waals surface area contributed by atoms with Crippen molar-refractivity contribution in [3.05, 3.63) is 42.0 Å². The molecule has 1 aromatic carbocycles. The molecule has 2 rings (SSSR count). The molecule has 0 fully saturated rings.